The van der Waals surface area contributed by atoms with Crippen LogP contribution in [0.3, 0.4) is 0 Å². The van der Waals surface area contributed by atoms with Crippen LogP contribution in [0.25, 0.3) is 0 Å². The molecule has 20 nitrogen and oxygen atoms in total. The number of piperidine rings is 1. The fraction of sp³-hybridized carbons (Fsp3) is 0.676. The lowest BCUT2D eigenvalue weighted by molar-refractivity contribution is -0.145. The predicted octanol–water partition coefficient (Wildman–Crippen LogP) is 5.78. The average Bonchev–Trinajstić information content (AvgIpc) is 3.69. The zero-order valence-electron chi connectivity index (χ0n) is 55.1. The molecule has 4 rings (SSSR count). The molecule has 2 aliphatic heterocycles. The van der Waals surface area contributed by atoms with Crippen molar-refractivity contribution in [1.82, 2.24) is 45.3 Å². The second kappa shape index (κ2) is 37.3. The number of hydrogen-bond acceptors (Lipinski definition) is 11. The predicted molar refractivity (Wildman–Crippen MR) is 341 cm³/mol. The van der Waals surface area contributed by atoms with Gasteiger partial charge >= 0.3 is 0 Å². The molecular formula is C68H107N9O11. The van der Waals surface area contributed by atoms with E-state index in [-0.39, 0.29) is 143 Å². The molecule has 2 aromatic rings. The summed E-state index contributed by atoms with van der Waals surface area (Å²) in [7, 11) is 8.10. The molecule has 2 fully saturated rings. The molecule has 0 aliphatic carbocycles. The monoisotopic (exact) mass is 1230 g/mol. The Morgan fingerprint density at radius 1 is 0.568 bits per heavy atom. The van der Waals surface area contributed by atoms with Crippen LogP contribution in [-0.2, 0) is 60.8 Å². The van der Waals surface area contributed by atoms with Crippen LogP contribution in [0, 0.1) is 47.3 Å². The third-order valence-electron chi connectivity index (χ3n) is 17.4. The van der Waals surface area contributed by atoms with Crippen molar-refractivity contribution in [2.45, 2.75) is 163 Å². The number of likely N-dealkylation sites (N-methyl/N-ethyl adjacent to an activating group) is 2. The first-order valence-corrected chi connectivity index (χ1v) is 32.3. The molecule has 0 bridgehead atoms. The first kappa shape index (κ1) is 73.8. The highest BCUT2D eigenvalue weighted by molar-refractivity contribution is 5.93. The fourth-order valence-corrected chi connectivity index (χ4v) is 12.1. The van der Waals surface area contributed by atoms with E-state index in [2.05, 4.69) is 29.8 Å². The Morgan fingerprint density at radius 2 is 1.16 bits per heavy atom. The third-order valence-corrected chi connectivity index (χ3v) is 17.4. The van der Waals surface area contributed by atoms with Crippen LogP contribution in [0.15, 0.2) is 60.7 Å². The van der Waals surface area contributed by atoms with E-state index in [0.717, 1.165) is 30.4 Å². The molecule has 20 heteroatoms. The van der Waals surface area contributed by atoms with Crippen molar-refractivity contribution in [3.8, 4) is 0 Å². The van der Waals surface area contributed by atoms with Gasteiger partial charge in [-0.05, 0) is 99.5 Å². The van der Waals surface area contributed by atoms with E-state index < -0.39 is 59.6 Å². The zero-order chi connectivity index (χ0) is 65.2. The number of Topliss-reactive ketones (excluding diaryl/α,β-unsaturated/α-hetero) is 1. The first-order valence-electron chi connectivity index (χ1n) is 32.3. The van der Waals surface area contributed by atoms with Crippen LogP contribution in [0.4, 0.5) is 0 Å². The molecule has 9 amide bonds. The maximum atomic E-state index is 14.8. The maximum Gasteiger partial charge on any atom is 0.245 e. The Morgan fingerprint density at radius 3 is 1.76 bits per heavy atom. The third kappa shape index (κ3) is 25.1. The highest BCUT2D eigenvalue weighted by atomic mass is 16.3. The molecule has 0 radical (unpaired) electrons. The van der Waals surface area contributed by atoms with Gasteiger partial charge in [-0.3, -0.25) is 47.9 Å². The normalized spacial score (nSPS) is 25.6. The molecule has 0 spiro atoms. The number of rotatable bonds is 10. The summed E-state index contributed by atoms with van der Waals surface area (Å²) in [5, 5.41) is 19.7. The lowest BCUT2D eigenvalue weighted by Gasteiger charge is -2.34. The number of ketones is 1. The minimum Gasteiger partial charge on any atom is -0.393 e. The standard InChI is InChI=1S/C68H107N9O11/c1-46(2)35-54-40-62(82)76(12)59(38-52-25-18-14-19-26-52)68(88)75(11)45-55(36-47(3)4)64(84)69-31-30-53(37-51-23-16-13-17-24-51)39-60(80)70-42-57(50(7)78)66(86)73(9)43-49(6)63(83)71-58(67(87)77-33-20-15-21-34-77)41-61(81)72(8)32-22-27-56(79)29-28-48(5)65(85)74(10)44-54/h13-14,16-19,23-26,46-50,53-55,57-59,78H,15,20-22,27-45H2,1-12H3,(H,69,84)(H,70,80)(H,71,83)/t48-,49-,50-,53+,54+,55-,57+,58+,59+/m1/s1. The number of amides is 9. The van der Waals surface area contributed by atoms with E-state index in [1.165, 1.54) is 28.7 Å². The van der Waals surface area contributed by atoms with Crippen molar-refractivity contribution in [3.63, 3.8) is 0 Å². The van der Waals surface area contributed by atoms with Crippen LogP contribution >= 0.6 is 0 Å². The number of nitrogens with zero attached hydrogens (tertiary/aromatic N) is 6. The summed E-state index contributed by atoms with van der Waals surface area (Å²) >= 11 is 0. The van der Waals surface area contributed by atoms with E-state index >= 15 is 0 Å². The van der Waals surface area contributed by atoms with E-state index in [4.69, 9.17) is 0 Å². The molecule has 0 saturated carbocycles. The number of likely N-dealkylation sites (tertiary alicyclic amines) is 1. The minimum absolute atomic E-state index is 0.0434. The summed E-state index contributed by atoms with van der Waals surface area (Å²) in [5.41, 5.74) is 1.85. The molecule has 0 aromatic heterocycles. The van der Waals surface area contributed by atoms with Gasteiger partial charge < -0.3 is 50.5 Å². The lowest BCUT2D eigenvalue weighted by atomic mass is 9.91. The van der Waals surface area contributed by atoms with Crippen LogP contribution in [0.1, 0.15) is 143 Å². The van der Waals surface area contributed by atoms with E-state index in [9.17, 15) is 53.1 Å². The SMILES string of the molecule is CC(C)C[C@H]1CC(=O)N(C)[C@@H](Cc2ccccc2)C(=O)N(C)C[C@@H](CC(C)C)C(=O)NCC[C@@H](Cc2ccccc2)CC(=O)NC[C@@H]([C@@H](C)O)C(=O)N(C)C[C@@H](C)C(=O)N[C@H](C(=O)N2CCCCC2)CC(=O)N(C)CCCC(=O)CC[C@@H](C)C(=O)N(C)C1. The molecule has 2 saturated heterocycles. The Kier molecular flexibility index (Phi) is 31.3. The summed E-state index contributed by atoms with van der Waals surface area (Å²) in [5.74, 6) is -6.48. The minimum atomic E-state index is -1.19. The van der Waals surface area contributed by atoms with E-state index in [1.54, 1.807) is 56.7 Å². The summed E-state index contributed by atoms with van der Waals surface area (Å²) in [6, 6.07) is 17.1. The average molecular weight is 1230 g/mol. The Bertz CT molecular complexity index is 2580. The molecule has 4 N–H and O–H groups in total. The van der Waals surface area contributed by atoms with Gasteiger partial charge in [-0.25, -0.2) is 0 Å². The molecule has 2 aliphatic rings. The number of carbonyl (C=O) groups excluding carboxylic acids is 10. The van der Waals surface area contributed by atoms with E-state index in [0.29, 0.717) is 51.6 Å². The van der Waals surface area contributed by atoms with Gasteiger partial charge in [0.15, 0.2) is 0 Å². The molecule has 490 valence electrons. The van der Waals surface area contributed by atoms with Gasteiger partial charge in [0.1, 0.15) is 17.9 Å². The second-order valence-corrected chi connectivity index (χ2v) is 26.3. The van der Waals surface area contributed by atoms with Gasteiger partial charge in [0, 0.05) is 126 Å². The van der Waals surface area contributed by atoms with Gasteiger partial charge in [0.25, 0.3) is 0 Å². The lowest BCUT2D eigenvalue weighted by Crippen LogP contribution is -2.53. The number of carbonyl (C=O) groups is 10. The Labute approximate surface area is 525 Å². The Hall–Kier alpha value is -6.70. The second-order valence-electron chi connectivity index (χ2n) is 26.3. The van der Waals surface area contributed by atoms with Crippen LogP contribution in [-0.4, -0.2) is 199 Å². The summed E-state index contributed by atoms with van der Waals surface area (Å²) in [4.78, 5) is 150. The van der Waals surface area contributed by atoms with Crippen molar-refractivity contribution in [2.24, 2.45) is 47.3 Å². The zero-order valence-corrected chi connectivity index (χ0v) is 55.1. The molecule has 2 heterocycles. The highest BCUT2D eigenvalue weighted by Crippen LogP contribution is 2.24. The summed E-state index contributed by atoms with van der Waals surface area (Å²) < 4.78 is 0. The van der Waals surface area contributed by atoms with Crippen molar-refractivity contribution < 1.29 is 53.1 Å². The van der Waals surface area contributed by atoms with Crippen molar-refractivity contribution in [2.75, 3.05) is 87.6 Å². The summed E-state index contributed by atoms with van der Waals surface area (Å²) in [6.45, 7) is 14.5. The molecule has 2 aromatic carbocycles. The van der Waals surface area contributed by atoms with Gasteiger partial charge in [0.2, 0.25) is 53.2 Å². The van der Waals surface area contributed by atoms with Crippen LogP contribution in [0.5, 0.6) is 0 Å². The van der Waals surface area contributed by atoms with Crippen molar-refractivity contribution >= 4 is 58.9 Å². The number of aliphatic hydroxyl groups is 1. The van der Waals surface area contributed by atoms with Gasteiger partial charge in [0.05, 0.1) is 30.3 Å². The smallest absolute Gasteiger partial charge is 0.245 e. The van der Waals surface area contributed by atoms with Crippen LogP contribution in [0.2, 0.25) is 0 Å². The fourth-order valence-electron chi connectivity index (χ4n) is 12.1. The number of benzene rings is 2. The number of nitrogens with one attached hydrogen (secondary N) is 3. The van der Waals surface area contributed by atoms with Crippen molar-refractivity contribution in [1.29, 1.82) is 0 Å². The molecular weight excluding hydrogens is 1120 g/mol. The summed E-state index contributed by atoms with van der Waals surface area (Å²) in [6.07, 6.45) is 4.37. The Balaban J connectivity index is 1.64. The number of hydrogen-bond donors (Lipinski definition) is 4. The maximum absolute atomic E-state index is 14.8. The van der Waals surface area contributed by atoms with Gasteiger partial charge in [-0.1, -0.05) is 102 Å². The van der Waals surface area contributed by atoms with Crippen LogP contribution < -0.4 is 16.0 Å². The first-order chi connectivity index (χ1) is 41.6. The molecule has 0 unspecified atom stereocenters. The quantitative estimate of drug-likeness (QED) is 0.222. The number of aliphatic hydroxyl groups excluding tert-OH is 1. The molecule has 88 heavy (non-hydrogen) atoms. The van der Waals surface area contributed by atoms with Gasteiger partial charge in [-0.15, -0.1) is 0 Å². The largest absolute Gasteiger partial charge is 0.393 e. The van der Waals surface area contributed by atoms with Gasteiger partial charge in [-0.2, -0.15) is 0 Å². The topological polar surface area (TPSA) is 246 Å². The molecule has 9 atom stereocenters. The van der Waals surface area contributed by atoms with E-state index in [1.807, 2.05) is 74.5 Å². The van der Waals surface area contributed by atoms with Crippen molar-refractivity contribution in [3.05, 3.63) is 71.8 Å². The highest BCUT2D eigenvalue weighted by Gasteiger charge is 2.36.